The highest BCUT2D eigenvalue weighted by Crippen LogP contribution is 2.50. The van der Waals surface area contributed by atoms with Gasteiger partial charge < -0.3 is 10.4 Å². The summed E-state index contributed by atoms with van der Waals surface area (Å²) in [4.78, 5) is 18.4. The monoisotopic (exact) mass is 485 g/mol. The highest BCUT2D eigenvalue weighted by atomic mass is 16.3. The summed E-state index contributed by atoms with van der Waals surface area (Å²) in [5.41, 5.74) is 3.06. The summed E-state index contributed by atoms with van der Waals surface area (Å²) < 4.78 is 0. The molecule has 6 rings (SSSR count). The lowest BCUT2D eigenvalue weighted by atomic mass is 9.91. The standard InChI is InChI=1S/C31H39N3O2/c1-2-19-33-26-15-16-27(33)29-18-17-28(26)34(29)30(23-7-6-10-25(35)20-23)21-11-13-22(14-12-21)31(36)32-24-8-4-3-5-9-24/h2,6-7,10-14,20,24,26-30,35H,1,3-5,8-9,15-19H2,(H,32,36)/t26?,27?,28-,29?,30?/m1/s1. The van der Waals surface area contributed by atoms with E-state index in [2.05, 4.69) is 46.0 Å². The van der Waals surface area contributed by atoms with Crippen molar-refractivity contribution in [1.82, 2.24) is 15.1 Å². The maximum absolute atomic E-state index is 12.9. The number of nitrogens with zero attached hydrogens (tertiary/aromatic N) is 2. The fraction of sp³-hybridized carbons (Fsp3) is 0.516. The molecule has 4 fully saturated rings. The largest absolute Gasteiger partial charge is 0.508 e. The predicted octanol–water partition coefficient (Wildman–Crippen LogP) is 5.41. The first-order valence-electron chi connectivity index (χ1n) is 14.0. The van der Waals surface area contributed by atoms with Crippen LogP contribution in [0.3, 0.4) is 0 Å². The molecule has 36 heavy (non-hydrogen) atoms. The molecule has 1 amide bonds. The maximum atomic E-state index is 12.9. The molecule has 3 heterocycles. The molecule has 3 saturated heterocycles. The number of carbonyl (C=O) groups excluding carboxylic acids is 1. The summed E-state index contributed by atoms with van der Waals surface area (Å²) in [5, 5.41) is 13.6. The Hall–Kier alpha value is -2.63. The quantitative estimate of drug-likeness (QED) is 0.515. The minimum atomic E-state index is 0.0403. The Labute approximate surface area is 215 Å². The topological polar surface area (TPSA) is 55.8 Å². The lowest BCUT2D eigenvalue weighted by Crippen LogP contribution is -2.60. The molecule has 1 saturated carbocycles. The Morgan fingerprint density at radius 2 is 1.58 bits per heavy atom. The number of phenolic OH excluding ortho intramolecular Hbond substituents is 1. The van der Waals surface area contributed by atoms with Crippen LogP contribution in [0, 0.1) is 0 Å². The first-order chi connectivity index (χ1) is 17.6. The third-order valence-corrected chi connectivity index (χ3v) is 9.28. The summed E-state index contributed by atoms with van der Waals surface area (Å²) in [7, 11) is 0. The maximum Gasteiger partial charge on any atom is 0.251 e. The van der Waals surface area contributed by atoms with E-state index < -0.39 is 0 Å². The highest BCUT2D eigenvalue weighted by Gasteiger charge is 2.56. The predicted molar refractivity (Wildman–Crippen MR) is 143 cm³/mol. The number of benzene rings is 2. The minimum Gasteiger partial charge on any atom is -0.508 e. The van der Waals surface area contributed by atoms with Crippen LogP contribution < -0.4 is 5.32 Å². The molecule has 0 aromatic heterocycles. The molecule has 2 aromatic rings. The van der Waals surface area contributed by atoms with Crippen LogP contribution in [0.15, 0.2) is 61.2 Å². The van der Waals surface area contributed by atoms with E-state index in [4.69, 9.17) is 0 Å². The smallest absolute Gasteiger partial charge is 0.251 e. The first-order valence-corrected chi connectivity index (χ1v) is 14.0. The lowest BCUT2D eigenvalue weighted by Gasteiger charge is -2.50. The van der Waals surface area contributed by atoms with Crippen LogP contribution >= 0.6 is 0 Å². The molecule has 4 unspecified atom stereocenters. The number of fused-ring (bicyclic) bond motifs is 6. The molecule has 2 aromatic carbocycles. The average Bonchev–Trinajstić information content (AvgIpc) is 3.40. The normalized spacial score (nSPS) is 29.2. The van der Waals surface area contributed by atoms with Gasteiger partial charge in [-0.1, -0.05) is 49.6 Å². The van der Waals surface area contributed by atoms with Gasteiger partial charge >= 0.3 is 0 Å². The fourth-order valence-corrected chi connectivity index (χ4v) is 7.78. The van der Waals surface area contributed by atoms with Crippen molar-refractivity contribution < 1.29 is 9.90 Å². The number of rotatable bonds is 7. The molecule has 5 nitrogen and oxygen atoms in total. The average molecular weight is 486 g/mol. The zero-order valence-electron chi connectivity index (χ0n) is 21.2. The second-order valence-corrected chi connectivity index (χ2v) is 11.3. The van der Waals surface area contributed by atoms with Gasteiger partial charge in [0.1, 0.15) is 5.75 Å². The number of carbonyl (C=O) groups is 1. The Bertz CT molecular complexity index is 1070. The van der Waals surface area contributed by atoms with Gasteiger partial charge in [-0.25, -0.2) is 0 Å². The van der Waals surface area contributed by atoms with E-state index in [0.29, 0.717) is 36.0 Å². The van der Waals surface area contributed by atoms with Crippen molar-refractivity contribution in [2.75, 3.05) is 6.54 Å². The van der Waals surface area contributed by atoms with E-state index in [1.54, 1.807) is 6.07 Å². The Morgan fingerprint density at radius 1 is 0.917 bits per heavy atom. The fourth-order valence-electron chi connectivity index (χ4n) is 7.78. The minimum absolute atomic E-state index is 0.0403. The first kappa shape index (κ1) is 23.7. The Morgan fingerprint density at radius 3 is 2.22 bits per heavy atom. The van der Waals surface area contributed by atoms with Crippen LogP contribution in [-0.2, 0) is 0 Å². The van der Waals surface area contributed by atoms with Crippen LogP contribution in [-0.4, -0.2) is 57.6 Å². The molecule has 4 aliphatic rings. The van der Waals surface area contributed by atoms with Crippen LogP contribution in [0.4, 0.5) is 0 Å². The van der Waals surface area contributed by atoms with Gasteiger partial charge in [0.25, 0.3) is 5.91 Å². The van der Waals surface area contributed by atoms with Crippen molar-refractivity contribution >= 4 is 5.91 Å². The van der Waals surface area contributed by atoms with Gasteiger partial charge in [0.05, 0.1) is 6.04 Å². The molecule has 0 radical (unpaired) electrons. The summed E-state index contributed by atoms with van der Waals surface area (Å²) in [5.74, 6) is 0.347. The zero-order chi connectivity index (χ0) is 24.6. The molecule has 2 N–H and O–H groups in total. The number of nitrogens with one attached hydrogen (secondary N) is 1. The summed E-state index contributed by atoms with van der Waals surface area (Å²) in [6, 6.07) is 18.5. The third kappa shape index (κ3) is 4.26. The van der Waals surface area contributed by atoms with Gasteiger partial charge in [-0.2, -0.15) is 0 Å². The summed E-state index contributed by atoms with van der Waals surface area (Å²) >= 11 is 0. The molecule has 1 aliphatic carbocycles. The third-order valence-electron chi connectivity index (χ3n) is 9.28. The molecule has 190 valence electrons. The van der Waals surface area contributed by atoms with Gasteiger partial charge in [0, 0.05) is 42.3 Å². The number of piperazine rings is 1. The summed E-state index contributed by atoms with van der Waals surface area (Å²) in [6.45, 7) is 4.99. The van der Waals surface area contributed by atoms with Crippen LogP contribution in [0.1, 0.15) is 85.3 Å². The van der Waals surface area contributed by atoms with Crippen LogP contribution in [0.2, 0.25) is 0 Å². The van der Waals surface area contributed by atoms with Crippen molar-refractivity contribution in [1.29, 1.82) is 0 Å². The van der Waals surface area contributed by atoms with E-state index in [1.807, 2.05) is 24.3 Å². The number of amides is 1. The van der Waals surface area contributed by atoms with Gasteiger partial charge in [-0.3, -0.25) is 14.6 Å². The highest BCUT2D eigenvalue weighted by molar-refractivity contribution is 5.94. The lowest BCUT2D eigenvalue weighted by molar-refractivity contribution is -0.00329. The Balaban J connectivity index is 1.30. The van der Waals surface area contributed by atoms with Crippen LogP contribution in [0.25, 0.3) is 0 Å². The molecule has 5 atom stereocenters. The van der Waals surface area contributed by atoms with Gasteiger partial charge in [-0.05, 0) is 73.9 Å². The Kier molecular flexibility index (Phi) is 6.61. The summed E-state index contributed by atoms with van der Waals surface area (Å²) in [6.07, 6.45) is 12.9. The second kappa shape index (κ2) is 10.0. The molecule has 5 heteroatoms. The number of phenols is 1. The van der Waals surface area contributed by atoms with E-state index >= 15 is 0 Å². The molecule has 3 aliphatic heterocycles. The zero-order valence-corrected chi connectivity index (χ0v) is 21.2. The number of hydrogen-bond donors (Lipinski definition) is 2. The van der Waals surface area contributed by atoms with E-state index in [1.165, 1.54) is 50.5 Å². The molecular weight excluding hydrogens is 446 g/mol. The van der Waals surface area contributed by atoms with Gasteiger partial charge in [0.15, 0.2) is 0 Å². The van der Waals surface area contributed by atoms with E-state index in [0.717, 1.165) is 30.5 Å². The molecule has 4 bridgehead atoms. The van der Waals surface area contributed by atoms with Crippen molar-refractivity contribution in [3.05, 3.63) is 77.9 Å². The number of aromatic hydroxyl groups is 1. The van der Waals surface area contributed by atoms with Crippen molar-refractivity contribution in [2.24, 2.45) is 0 Å². The van der Waals surface area contributed by atoms with Gasteiger partial charge in [0.2, 0.25) is 0 Å². The SMILES string of the molecule is C=CCN1C2CCC1[C@H]1CCC2N1C(c1ccc(C(=O)NC2CCCCC2)cc1)c1cccc(O)c1. The van der Waals surface area contributed by atoms with Gasteiger partial charge in [-0.15, -0.1) is 6.58 Å². The van der Waals surface area contributed by atoms with Crippen molar-refractivity contribution in [2.45, 2.75) is 94.0 Å². The van der Waals surface area contributed by atoms with Crippen LogP contribution in [0.5, 0.6) is 5.75 Å². The molecular formula is C31H39N3O2. The van der Waals surface area contributed by atoms with E-state index in [9.17, 15) is 9.90 Å². The molecule has 0 spiro atoms. The van der Waals surface area contributed by atoms with E-state index in [-0.39, 0.29) is 11.9 Å². The van der Waals surface area contributed by atoms with Crippen molar-refractivity contribution in [3.8, 4) is 5.75 Å². The van der Waals surface area contributed by atoms with Crippen molar-refractivity contribution in [3.63, 3.8) is 0 Å². The number of hydrogen-bond acceptors (Lipinski definition) is 4. The second-order valence-electron chi connectivity index (χ2n) is 11.3.